The second kappa shape index (κ2) is 6.85. The molecule has 0 aliphatic rings. The third-order valence-corrected chi connectivity index (χ3v) is 6.75. The number of benzene rings is 5. The normalized spacial score (nSPS) is 11.8. The molecule has 156 valence electrons. The van der Waals surface area contributed by atoms with Gasteiger partial charge in [-0.3, -0.25) is 0 Å². The maximum Gasteiger partial charge on any atom is 0.135 e. The molecule has 5 aromatic carbocycles. The largest absolute Gasteiger partial charge is 0.456 e. The van der Waals surface area contributed by atoms with E-state index in [1.54, 1.807) is 0 Å². The van der Waals surface area contributed by atoms with Gasteiger partial charge in [-0.1, -0.05) is 66.7 Å². The summed E-state index contributed by atoms with van der Waals surface area (Å²) in [5, 5.41) is 4.83. The molecule has 0 N–H and O–H groups in total. The predicted octanol–water partition coefficient (Wildman–Crippen LogP) is 8.66. The molecule has 2 nitrogen and oxygen atoms in total. The fourth-order valence-electron chi connectivity index (χ4n) is 5.17. The number of nitrogens with zero attached hydrogens (tertiary/aromatic N) is 1. The average molecular weight is 424 g/mol. The van der Waals surface area contributed by atoms with Crippen LogP contribution in [0.1, 0.15) is 5.56 Å². The zero-order valence-corrected chi connectivity index (χ0v) is 18.2. The molecule has 0 saturated carbocycles. The number of furan rings is 1. The van der Waals surface area contributed by atoms with Crippen molar-refractivity contribution in [3.8, 4) is 16.8 Å². The molecule has 0 unspecified atom stereocenters. The van der Waals surface area contributed by atoms with Crippen molar-refractivity contribution < 1.29 is 4.42 Å². The molecule has 2 heteroatoms. The maximum atomic E-state index is 6.21. The van der Waals surface area contributed by atoms with E-state index in [-0.39, 0.29) is 0 Å². The van der Waals surface area contributed by atoms with Crippen molar-refractivity contribution in [2.24, 2.45) is 0 Å². The Labute approximate surface area is 191 Å². The van der Waals surface area contributed by atoms with Crippen LogP contribution < -0.4 is 0 Å². The monoisotopic (exact) mass is 423 g/mol. The van der Waals surface area contributed by atoms with E-state index in [9.17, 15) is 0 Å². The van der Waals surface area contributed by atoms with Crippen LogP contribution in [0, 0.1) is 6.92 Å². The second-order valence-electron chi connectivity index (χ2n) is 8.68. The number of aromatic nitrogens is 1. The standard InChI is InChI=1S/C31H21NO/c1-20-8-2-3-9-23(20)21-14-16-30-26(18-21)27-19-22(15-17-31(27)33-30)32-28-12-6-4-10-24(28)25-11-5-7-13-29(25)32/h2-19H,1H3. The third kappa shape index (κ3) is 2.68. The van der Waals surface area contributed by atoms with E-state index in [1.807, 2.05) is 0 Å². The Morgan fingerprint density at radius 2 is 1.15 bits per heavy atom. The maximum absolute atomic E-state index is 6.21. The molecule has 2 aromatic heterocycles. The lowest BCUT2D eigenvalue weighted by atomic mass is 9.99. The minimum atomic E-state index is 0.913. The molecule has 0 radical (unpaired) electrons. The number of fused-ring (bicyclic) bond motifs is 6. The number of para-hydroxylation sites is 2. The van der Waals surface area contributed by atoms with Crippen molar-refractivity contribution in [2.45, 2.75) is 6.92 Å². The van der Waals surface area contributed by atoms with Gasteiger partial charge in [-0.05, 0) is 66.1 Å². The number of hydrogen-bond acceptors (Lipinski definition) is 1. The van der Waals surface area contributed by atoms with Gasteiger partial charge in [-0.25, -0.2) is 0 Å². The predicted molar refractivity (Wildman–Crippen MR) is 138 cm³/mol. The molecule has 0 amide bonds. The third-order valence-electron chi connectivity index (χ3n) is 6.75. The van der Waals surface area contributed by atoms with E-state index >= 15 is 0 Å². The van der Waals surface area contributed by atoms with Crippen LogP contribution in [-0.4, -0.2) is 4.57 Å². The Kier molecular flexibility index (Phi) is 3.80. The highest BCUT2D eigenvalue weighted by Gasteiger charge is 2.14. The van der Waals surface area contributed by atoms with Gasteiger partial charge in [-0.15, -0.1) is 0 Å². The Hall–Kier alpha value is -4.30. The van der Waals surface area contributed by atoms with E-state index in [0.717, 1.165) is 27.6 Å². The van der Waals surface area contributed by atoms with Crippen LogP contribution in [0.4, 0.5) is 0 Å². The van der Waals surface area contributed by atoms with E-state index < -0.39 is 0 Å². The summed E-state index contributed by atoms with van der Waals surface area (Å²) < 4.78 is 8.57. The molecule has 0 bridgehead atoms. The zero-order chi connectivity index (χ0) is 21.9. The van der Waals surface area contributed by atoms with Gasteiger partial charge in [0, 0.05) is 27.2 Å². The summed E-state index contributed by atoms with van der Waals surface area (Å²) in [6, 6.07) is 38.8. The molecular weight excluding hydrogens is 402 g/mol. The lowest BCUT2D eigenvalue weighted by Gasteiger charge is -2.08. The first kappa shape index (κ1) is 18.3. The van der Waals surface area contributed by atoms with Gasteiger partial charge in [0.1, 0.15) is 11.2 Å². The van der Waals surface area contributed by atoms with Gasteiger partial charge < -0.3 is 8.98 Å². The van der Waals surface area contributed by atoms with Crippen molar-refractivity contribution in [2.75, 3.05) is 0 Å². The van der Waals surface area contributed by atoms with Crippen molar-refractivity contribution in [3.63, 3.8) is 0 Å². The first-order valence-corrected chi connectivity index (χ1v) is 11.3. The average Bonchev–Trinajstić information content (AvgIpc) is 3.39. The summed E-state index contributed by atoms with van der Waals surface area (Å²) in [5.74, 6) is 0. The SMILES string of the molecule is Cc1ccccc1-c1ccc2oc3ccc(-n4c5ccccc5c5ccccc54)cc3c2c1. The van der Waals surface area contributed by atoms with Crippen LogP contribution in [-0.2, 0) is 0 Å². The molecule has 0 aliphatic heterocycles. The van der Waals surface area contributed by atoms with Crippen LogP contribution >= 0.6 is 0 Å². The number of rotatable bonds is 2. The van der Waals surface area contributed by atoms with Crippen molar-refractivity contribution in [1.82, 2.24) is 4.57 Å². The lowest BCUT2D eigenvalue weighted by Crippen LogP contribution is -1.93. The summed E-state index contributed by atoms with van der Waals surface area (Å²) in [6.07, 6.45) is 0. The molecule has 7 aromatic rings. The topological polar surface area (TPSA) is 18.1 Å². The minimum absolute atomic E-state index is 0.913. The number of aryl methyl sites for hydroxylation is 1. The van der Waals surface area contributed by atoms with Crippen molar-refractivity contribution in [1.29, 1.82) is 0 Å². The van der Waals surface area contributed by atoms with E-state index in [1.165, 1.54) is 38.5 Å². The first-order valence-electron chi connectivity index (χ1n) is 11.3. The minimum Gasteiger partial charge on any atom is -0.456 e. The second-order valence-corrected chi connectivity index (χ2v) is 8.68. The summed E-state index contributed by atoms with van der Waals surface area (Å²) in [6.45, 7) is 2.16. The van der Waals surface area contributed by atoms with Crippen LogP contribution in [0.25, 0.3) is 60.6 Å². The summed E-state index contributed by atoms with van der Waals surface area (Å²) in [7, 11) is 0. The van der Waals surface area contributed by atoms with Crippen molar-refractivity contribution in [3.05, 3.63) is 115 Å². The van der Waals surface area contributed by atoms with Gasteiger partial charge in [0.2, 0.25) is 0 Å². The van der Waals surface area contributed by atoms with E-state index in [4.69, 9.17) is 4.42 Å². The van der Waals surface area contributed by atoms with Crippen LogP contribution in [0.5, 0.6) is 0 Å². The molecular formula is C31H21NO. The summed E-state index contributed by atoms with van der Waals surface area (Å²) in [4.78, 5) is 0. The molecule has 0 aliphatic carbocycles. The van der Waals surface area contributed by atoms with Crippen LogP contribution in [0.3, 0.4) is 0 Å². The summed E-state index contributed by atoms with van der Waals surface area (Å²) >= 11 is 0. The van der Waals surface area contributed by atoms with E-state index in [2.05, 4.69) is 121 Å². The Morgan fingerprint density at radius 3 is 1.88 bits per heavy atom. The Balaban J connectivity index is 1.51. The molecule has 0 fully saturated rings. The molecule has 7 rings (SSSR count). The zero-order valence-electron chi connectivity index (χ0n) is 18.2. The molecule has 2 heterocycles. The van der Waals surface area contributed by atoms with Gasteiger partial charge in [0.05, 0.1) is 11.0 Å². The fraction of sp³-hybridized carbons (Fsp3) is 0.0323. The highest BCUT2D eigenvalue weighted by molar-refractivity contribution is 6.11. The molecule has 0 atom stereocenters. The Bertz CT molecular complexity index is 1780. The van der Waals surface area contributed by atoms with Gasteiger partial charge >= 0.3 is 0 Å². The molecule has 33 heavy (non-hydrogen) atoms. The van der Waals surface area contributed by atoms with Gasteiger partial charge in [0.15, 0.2) is 0 Å². The molecule has 0 spiro atoms. The molecule has 0 saturated heterocycles. The lowest BCUT2D eigenvalue weighted by molar-refractivity contribution is 0.669. The smallest absolute Gasteiger partial charge is 0.135 e. The van der Waals surface area contributed by atoms with Crippen LogP contribution in [0.15, 0.2) is 114 Å². The quantitative estimate of drug-likeness (QED) is 0.272. The highest BCUT2D eigenvalue weighted by atomic mass is 16.3. The van der Waals surface area contributed by atoms with Gasteiger partial charge in [-0.2, -0.15) is 0 Å². The van der Waals surface area contributed by atoms with Gasteiger partial charge in [0.25, 0.3) is 0 Å². The van der Waals surface area contributed by atoms with Crippen LogP contribution in [0.2, 0.25) is 0 Å². The van der Waals surface area contributed by atoms with Crippen molar-refractivity contribution >= 4 is 43.7 Å². The Morgan fingerprint density at radius 1 is 0.545 bits per heavy atom. The highest BCUT2D eigenvalue weighted by Crippen LogP contribution is 2.37. The van der Waals surface area contributed by atoms with E-state index in [0.29, 0.717) is 0 Å². The summed E-state index contributed by atoms with van der Waals surface area (Å²) in [5.41, 5.74) is 9.15. The number of hydrogen-bond donors (Lipinski definition) is 0. The fourth-order valence-corrected chi connectivity index (χ4v) is 5.17. The first-order chi connectivity index (χ1) is 16.3.